The Labute approximate surface area is 164 Å². The first-order chi connectivity index (χ1) is 13.6. The summed E-state index contributed by atoms with van der Waals surface area (Å²) in [5, 5.41) is 4.47. The topological polar surface area (TPSA) is 85.4 Å². The van der Waals surface area contributed by atoms with Gasteiger partial charge in [-0.3, -0.25) is 4.99 Å². The van der Waals surface area contributed by atoms with E-state index in [4.69, 9.17) is 20.4 Å². The van der Waals surface area contributed by atoms with Crippen molar-refractivity contribution in [2.45, 2.75) is 44.1 Å². The first-order valence-electron chi connectivity index (χ1n) is 10.0. The molecular weight excluding hydrogens is 357 g/mol. The molecule has 0 radical (unpaired) electrons. The Kier molecular flexibility index (Phi) is 5.55. The summed E-state index contributed by atoms with van der Waals surface area (Å²) in [5.74, 6) is 2.02. The van der Waals surface area contributed by atoms with Crippen molar-refractivity contribution in [3.63, 3.8) is 0 Å². The Bertz CT molecular complexity index is 870. The van der Waals surface area contributed by atoms with Gasteiger partial charge in [0.15, 0.2) is 0 Å². The van der Waals surface area contributed by atoms with Crippen molar-refractivity contribution in [2.75, 3.05) is 38.3 Å². The molecule has 0 bridgehead atoms. The fourth-order valence-electron chi connectivity index (χ4n) is 3.87. The number of alkyl halides is 1. The fraction of sp³-hybridized carbons (Fsp3) is 0.571. The highest BCUT2D eigenvalue weighted by molar-refractivity contribution is 5.90. The van der Waals surface area contributed by atoms with Gasteiger partial charge in [-0.2, -0.15) is 0 Å². The number of anilines is 1. The van der Waals surface area contributed by atoms with Crippen LogP contribution in [0.4, 0.5) is 10.2 Å². The summed E-state index contributed by atoms with van der Waals surface area (Å²) in [6, 6.07) is 6.25. The van der Waals surface area contributed by atoms with E-state index in [1.807, 2.05) is 0 Å². The third-order valence-corrected chi connectivity index (χ3v) is 5.60. The van der Waals surface area contributed by atoms with Crippen LogP contribution in [0.1, 0.15) is 43.0 Å². The minimum atomic E-state index is -0.386. The lowest BCUT2D eigenvalue weighted by molar-refractivity contribution is -0.0461. The van der Waals surface area contributed by atoms with E-state index in [2.05, 4.69) is 35.4 Å². The number of rotatable bonds is 6. The molecule has 4 rings (SSSR count). The van der Waals surface area contributed by atoms with Crippen LogP contribution in [0.3, 0.4) is 0 Å². The van der Waals surface area contributed by atoms with Crippen LogP contribution in [0.2, 0.25) is 0 Å². The molecule has 150 valence electrons. The Balaban J connectivity index is 1.57. The van der Waals surface area contributed by atoms with Gasteiger partial charge < -0.3 is 15.8 Å². The van der Waals surface area contributed by atoms with Gasteiger partial charge in [0, 0.05) is 23.6 Å². The molecule has 0 amide bonds. The van der Waals surface area contributed by atoms with E-state index in [0.717, 1.165) is 53.9 Å². The van der Waals surface area contributed by atoms with Gasteiger partial charge in [-0.15, -0.1) is 0 Å². The fourth-order valence-corrected chi connectivity index (χ4v) is 3.87. The van der Waals surface area contributed by atoms with Crippen LogP contribution in [-0.4, -0.2) is 54.2 Å². The zero-order valence-corrected chi connectivity index (χ0v) is 16.4. The number of nitrogens with one attached hydrogen (secondary N) is 1. The smallest absolute Gasteiger partial charge is 0.137 e. The minimum Gasteiger partial charge on any atom is -0.377 e. The van der Waals surface area contributed by atoms with E-state index in [9.17, 15) is 4.39 Å². The number of aryl methyl sites for hydroxylation is 1. The number of hydrogen-bond acceptors (Lipinski definition) is 6. The van der Waals surface area contributed by atoms with Crippen LogP contribution in [0, 0.1) is 6.92 Å². The summed E-state index contributed by atoms with van der Waals surface area (Å²) in [4.78, 5) is 14.1. The normalized spacial score (nSPS) is 21.4. The van der Waals surface area contributed by atoms with Gasteiger partial charge >= 0.3 is 0 Å². The number of ether oxygens (including phenoxy) is 1. The Hall–Kier alpha value is -2.12. The molecule has 0 unspecified atom stereocenters. The Morgan fingerprint density at radius 3 is 2.75 bits per heavy atom. The summed E-state index contributed by atoms with van der Waals surface area (Å²) in [6.45, 7) is 3.72. The Morgan fingerprint density at radius 2 is 2.07 bits per heavy atom. The largest absolute Gasteiger partial charge is 0.377 e. The second kappa shape index (κ2) is 8.09. The average Bonchev–Trinajstić information content (AvgIpc) is 2.69. The van der Waals surface area contributed by atoms with Crippen molar-refractivity contribution < 1.29 is 9.13 Å². The van der Waals surface area contributed by atoms with E-state index in [1.165, 1.54) is 5.56 Å². The van der Waals surface area contributed by atoms with Crippen molar-refractivity contribution in [2.24, 2.45) is 10.7 Å². The highest BCUT2D eigenvalue weighted by Gasteiger charge is 2.34. The molecule has 3 N–H and O–H groups in total. The molecule has 0 atom stereocenters. The number of fused-ring (bicyclic) bond motifs is 1. The highest BCUT2D eigenvalue weighted by atomic mass is 19.1. The van der Waals surface area contributed by atoms with E-state index in [1.54, 1.807) is 0 Å². The molecule has 1 saturated heterocycles. The molecular formula is C21H28FN5O. The number of nitrogens with two attached hydrogens (primary N) is 1. The molecule has 28 heavy (non-hydrogen) atoms. The quantitative estimate of drug-likeness (QED) is 0.798. The second-order valence-corrected chi connectivity index (χ2v) is 8.07. The zero-order valence-electron chi connectivity index (χ0n) is 16.4. The van der Waals surface area contributed by atoms with Crippen molar-refractivity contribution in [1.82, 2.24) is 9.97 Å². The maximum absolute atomic E-state index is 12.3. The first kappa shape index (κ1) is 19.2. The predicted octanol–water partition coefficient (Wildman–Crippen LogP) is 3.15. The van der Waals surface area contributed by atoms with Gasteiger partial charge in [-0.1, -0.05) is 11.6 Å². The molecule has 7 heteroatoms. The van der Waals surface area contributed by atoms with Crippen molar-refractivity contribution in [1.29, 1.82) is 0 Å². The van der Waals surface area contributed by atoms with Crippen LogP contribution in [0.5, 0.6) is 0 Å². The number of aliphatic imine (C=N–C) groups is 1. The molecule has 6 nitrogen and oxygen atoms in total. The van der Waals surface area contributed by atoms with E-state index < -0.39 is 0 Å². The minimum absolute atomic E-state index is 0.282. The average molecular weight is 385 g/mol. The number of nitrogens with zero attached hydrogens (tertiary/aromatic N) is 3. The van der Waals surface area contributed by atoms with Gasteiger partial charge in [0.2, 0.25) is 0 Å². The molecule has 1 aliphatic carbocycles. The number of aromatic nitrogens is 2. The molecule has 1 aliphatic heterocycles. The van der Waals surface area contributed by atoms with Crippen LogP contribution < -0.4 is 11.1 Å². The predicted molar refractivity (Wildman–Crippen MR) is 110 cm³/mol. The molecule has 1 aromatic heterocycles. The molecule has 2 fully saturated rings. The monoisotopic (exact) mass is 385 g/mol. The number of hydrogen-bond donors (Lipinski definition) is 2. The summed E-state index contributed by atoms with van der Waals surface area (Å²) in [7, 11) is 0. The summed E-state index contributed by atoms with van der Waals surface area (Å²) in [6.07, 6.45) is 3.70. The van der Waals surface area contributed by atoms with Gasteiger partial charge in [0.1, 0.15) is 18.3 Å². The molecule has 2 aliphatic rings. The summed E-state index contributed by atoms with van der Waals surface area (Å²) < 4.78 is 17.6. The molecule has 2 aromatic rings. The van der Waals surface area contributed by atoms with Gasteiger partial charge in [-0.25, -0.2) is 14.4 Å². The third-order valence-electron chi connectivity index (χ3n) is 5.60. The van der Waals surface area contributed by atoms with Crippen LogP contribution in [-0.2, 0) is 4.74 Å². The second-order valence-electron chi connectivity index (χ2n) is 8.07. The molecule has 1 aromatic carbocycles. The van der Waals surface area contributed by atoms with E-state index in [-0.39, 0.29) is 18.8 Å². The Morgan fingerprint density at radius 1 is 1.29 bits per heavy atom. The van der Waals surface area contributed by atoms with Gasteiger partial charge in [0.25, 0.3) is 0 Å². The lowest BCUT2D eigenvalue weighted by atomic mass is 9.87. The first-order valence-corrected chi connectivity index (χ1v) is 10.0. The van der Waals surface area contributed by atoms with Crippen LogP contribution in [0.25, 0.3) is 10.9 Å². The van der Waals surface area contributed by atoms with E-state index >= 15 is 0 Å². The van der Waals surface area contributed by atoms with Crippen LogP contribution >= 0.6 is 0 Å². The van der Waals surface area contributed by atoms with Gasteiger partial charge in [-0.05, 0) is 44.7 Å². The SMILES string of the molecule is Cc1ccc2nc(C3CCC(=NCCF)CC3)nc(NCC3(N)COC3)c2c1. The third kappa shape index (κ3) is 4.15. The van der Waals surface area contributed by atoms with Crippen LogP contribution in [0.15, 0.2) is 23.2 Å². The number of halogens is 1. The van der Waals surface area contributed by atoms with Crippen molar-refractivity contribution in [3.8, 4) is 0 Å². The maximum Gasteiger partial charge on any atom is 0.137 e. The lowest BCUT2D eigenvalue weighted by Crippen LogP contribution is -2.61. The maximum atomic E-state index is 12.3. The van der Waals surface area contributed by atoms with Crippen molar-refractivity contribution >= 4 is 22.4 Å². The zero-order chi connectivity index (χ0) is 19.6. The summed E-state index contributed by atoms with van der Waals surface area (Å²) in [5.41, 5.74) is 9.21. The lowest BCUT2D eigenvalue weighted by Gasteiger charge is -2.38. The van der Waals surface area contributed by atoms with Crippen molar-refractivity contribution in [3.05, 3.63) is 29.6 Å². The standard InChI is InChI=1S/C21H28FN5O/c1-14-2-7-18-17(10-14)20(25-11-21(23)12-28-13-21)27-19(26-18)15-3-5-16(6-4-15)24-9-8-22/h2,7,10,15H,3-6,8-9,11-13,23H2,1H3,(H,25,26,27). The van der Waals surface area contributed by atoms with Gasteiger partial charge in [0.05, 0.1) is 30.8 Å². The molecule has 1 saturated carbocycles. The van der Waals surface area contributed by atoms with E-state index in [0.29, 0.717) is 25.7 Å². The molecule has 2 heterocycles. The summed E-state index contributed by atoms with van der Waals surface area (Å²) >= 11 is 0. The number of benzene rings is 1. The molecule has 0 spiro atoms. The highest BCUT2D eigenvalue weighted by Crippen LogP contribution is 2.32.